The van der Waals surface area contributed by atoms with Gasteiger partial charge in [-0.1, -0.05) is 0 Å². The molecular weight excluding hydrogens is 311 g/mol. The maximum atomic E-state index is 14.1. The summed E-state index contributed by atoms with van der Waals surface area (Å²) in [6, 6.07) is 5.01. The molecule has 2 N–H and O–H groups in total. The van der Waals surface area contributed by atoms with Crippen molar-refractivity contribution in [2.75, 3.05) is 13.2 Å². The second-order valence-corrected chi connectivity index (χ2v) is 6.04. The molecule has 1 fully saturated rings. The van der Waals surface area contributed by atoms with Crippen LogP contribution < -0.4 is 5.32 Å². The number of aromatic nitrogens is 3. The number of rotatable bonds is 4. The Hall–Kier alpha value is -2.67. The van der Waals surface area contributed by atoms with Crippen molar-refractivity contribution in [3.8, 4) is 0 Å². The number of hydrogen-bond donors (Lipinski definition) is 2. The first-order valence-corrected chi connectivity index (χ1v) is 7.81. The van der Waals surface area contributed by atoms with Gasteiger partial charge in [0.15, 0.2) is 0 Å². The molecule has 0 saturated carbocycles. The lowest BCUT2D eigenvalue weighted by Gasteiger charge is -2.25. The minimum atomic E-state index is -0.327. The predicted molar refractivity (Wildman–Crippen MR) is 86.2 cm³/mol. The van der Waals surface area contributed by atoms with E-state index in [2.05, 4.69) is 15.4 Å². The van der Waals surface area contributed by atoms with Crippen LogP contribution in [0.2, 0.25) is 0 Å². The minimum absolute atomic E-state index is 0.203. The van der Waals surface area contributed by atoms with Gasteiger partial charge in [-0.05, 0) is 30.7 Å². The van der Waals surface area contributed by atoms with E-state index in [4.69, 9.17) is 4.74 Å². The molecule has 0 aliphatic carbocycles. The molecular formula is C17H17FN4O2. The number of hydrogen-bond acceptors (Lipinski definition) is 3. The van der Waals surface area contributed by atoms with E-state index in [1.807, 2.05) is 13.0 Å². The third-order valence-electron chi connectivity index (χ3n) is 4.34. The van der Waals surface area contributed by atoms with Crippen molar-refractivity contribution in [2.45, 2.75) is 19.0 Å². The fraction of sp³-hybridized carbons (Fsp3) is 0.294. The van der Waals surface area contributed by atoms with Crippen LogP contribution in [0, 0.1) is 5.82 Å². The summed E-state index contributed by atoms with van der Waals surface area (Å²) < 4.78 is 20.9. The molecule has 1 aromatic carbocycles. The Morgan fingerprint density at radius 2 is 2.33 bits per heavy atom. The molecule has 3 aromatic rings. The zero-order valence-electron chi connectivity index (χ0n) is 13.1. The lowest BCUT2D eigenvalue weighted by Crippen LogP contribution is -2.31. The van der Waals surface area contributed by atoms with Crippen LogP contribution in [0.15, 0.2) is 36.8 Å². The molecule has 0 radical (unpaired) electrons. The van der Waals surface area contributed by atoms with Gasteiger partial charge in [0.1, 0.15) is 5.82 Å². The summed E-state index contributed by atoms with van der Waals surface area (Å²) in [5, 5.41) is 7.86. The number of aromatic amines is 1. The van der Waals surface area contributed by atoms with Crippen molar-refractivity contribution in [3.63, 3.8) is 0 Å². The van der Waals surface area contributed by atoms with Gasteiger partial charge in [-0.3, -0.25) is 9.48 Å². The molecule has 2 aromatic heterocycles. The zero-order chi connectivity index (χ0) is 16.7. The fourth-order valence-electron chi connectivity index (χ4n) is 2.79. The first kappa shape index (κ1) is 14.9. The predicted octanol–water partition coefficient (Wildman–Crippen LogP) is 2.57. The third kappa shape index (κ3) is 2.56. The number of nitrogens with one attached hydrogen (secondary N) is 2. The van der Waals surface area contributed by atoms with E-state index >= 15 is 0 Å². The van der Waals surface area contributed by atoms with Gasteiger partial charge in [0.05, 0.1) is 42.6 Å². The van der Waals surface area contributed by atoms with Gasteiger partial charge in [0.2, 0.25) is 0 Å². The molecule has 1 aliphatic rings. The van der Waals surface area contributed by atoms with Crippen LogP contribution in [0.1, 0.15) is 34.9 Å². The standard InChI is InChI=1S/C17H17FN4O2/c1-10(12-4-11-2-3-19-16(11)15(18)5-12)21-17(23)13-6-20-22(7-13)14-8-24-9-14/h2-7,10,14,19H,8-9H2,1H3,(H,21,23)/t10-/m1/s1. The lowest BCUT2D eigenvalue weighted by atomic mass is 10.1. The van der Waals surface area contributed by atoms with E-state index in [0.29, 0.717) is 29.9 Å². The molecule has 6 nitrogen and oxygen atoms in total. The molecule has 124 valence electrons. The molecule has 0 bridgehead atoms. The highest BCUT2D eigenvalue weighted by atomic mass is 19.1. The quantitative estimate of drug-likeness (QED) is 0.773. The van der Waals surface area contributed by atoms with Gasteiger partial charge in [0.25, 0.3) is 5.91 Å². The smallest absolute Gasteiger partial charge is 0.254 e. The second-order valence-electron chi connectivity index (χ2n) is 6.04. The van der Waals surface area contributed by atoms with Crippen molar-refractivity contribution in [2.24, 2.45) is 0 Å². The van der Waals surface area contributed by atoms with Crippen molar-refractivity contribution < 1.29 is 13.9 Å². The number of ether oxygens (including phenoxy) is 1. The van der Waals surface area contributed by atoms with E-state index in [1.165, 1.54) is 12.3 Å². The maximum absolute atomic E-state index is 14.1. The van der Waals surface area contributed by atoms with Crippen molar-refractivity contribution in [1.29, 1.82) is 0 Å². The van der Waals surface area contributed by atoms with Gasteiger partial charge >= 0.3 is 0 Å². The number of fused-ring (bicyclic) bond motifs is 1. The number of halogens is 1. The third-order valence-corrected chi connectivity index (χ3v) is 4.34. The van der Waals surface area contributed by atoms with Gasteiger partial charge in [0, 0.05) is 17.8 Å². The molecule has 4 rings (SSSR count). The Morgan fingerprint density at radius 1 is 1.50 bits per heavy atom. The second kappa shape index (κ2) is 5.76. The van der Waals surface area contributed by atoms with Crippen LogP contribution >= 0.6 is 0 Å². The molecule has 1 saturated heterocycles. The van der Waals surface area contributed by atoms with E-state index in [9.17, 15) is 9.18 Å². The summed E-state index contributed by atoms with van der Waals surface area (Å²) in [6.45, 7) is 3.07. The van der Waals surface area contributed by atoms with Crippen molar-refractivity contribution in [1.82, 2.24) is 20.1 Å². The number of nitrogens with zero attached hydrogens (tertiary/aromatic N) is 2. The van der Waals surface area contributed by atoms with Crippen molar-refractivity contribution >= 4 is 16.8 Å². The van der Waals surface area contributed by atoms with Gasteiger partial charge in [-0.25, -0.2) is 4.39 Å². The highest BCUT2D eigenvalue weighted by Crippen LogP contribution is 2.23. The van der Waals surface area contributed by atoms with Crippen LogP contribution in [-0.2, 0) is 4.74 Å². The highest BCUT2D eigenvalue weighted by molar-refractivity contribution is 5.94. The van der Waals surface area contributed by atoms with E-state index in [1.54, 1.807) is 23.1 Å². The molecule has 1 atom stereocenters. The monoisotopic (exact) mass is 328 g/mol. The average Bonchev–Trinajstić information content (AvgIpc) is 3.14. The van der Waals surface area contributed by atoms with Crippen LogP contribution in [-0.4, -0.2) is 33.9 Å². The number of carbonyl (C=O) groups is 1. The molecule has 24 heavy (non-hydrogen) atoms. The Kier molecular flexibility index (Phi) is 3.57. The topological polar surface area (TPSA) is 71.9 Å². The molecule has 0 unspecified atom stereocenters. The normalized spacial score (nSPS) is 16.1. The molecule has 1 aliphatic heterocycles. The van der Waals surface area contributed by atoms with Gasteiger partial charge < -0.3 is 15.0 Å². The number of benzene rings is 1. The Bertz CT molecular complexity index is 897. The van der Waals surface area contributed by atoms with Crippen LogP contribution in [0.4, 0.5) is 4.39 Å². The summed E-state index contributed by atoms with van der Waals surface area (Å²) in [4.78, 5) is 15.2. The average molecular weight is 328 g/mol. The summed E-state index contributed by atoms with van der Waals surface area (Å²) in [5.74, 6) is -0.560. The SMILES string of the molecule is C[C@@H](NC(=O)c1cnn(C2COC2)c1)c1cc(F)c2[nH]ccc2c1. The summed E-state index contributed by atoms with van der Waals surface area (Å²) in [7, 11) is 0. The van der Waals surface area contributed by atoms with Crippen LogP contribution in [0.3, 0.4) is 0 Å². The van der Waals surface area contributed by atoms with Crippen molar-refractivity contribution in [3.05, 3.63) is 53.7 Å². The Labute approximate surface area is 137 Å². The highest BCUT2D eigenvalue weighted by Gasteiger charge is 2.22. The largest absolute Gasteiger partial charge is 0.377 e. The first-order chi connectivity index (χ1) is 11.6. The van der Waals surface area contributed by atoms with E-state index in [0.717, 1.165) is 5.39 Å². The van der Waals surface area contributed by atoms with Crippen LogP contribution in [0.5, 0.6) is 0 Å². The fourth-order valence-corrected chi connectivity index (χ4v) is 2.79. The van der Waals surface area contributed by atoms with Gasteiger partial charge in [-0.15, -0.1) is 0 Å². The summed E-state index contributed by atoms with van der Waals surface area (Å²) in [5.41, 5.74) is 1.67. The molecule has 1 amide bonds. The van der Waals surface area contributed by atoms with E-state index in [-0.39, 0.29) is 23.8 Å². The summed E-state index contributed by atoms with van der Waals surface area (Å²) >= 11 is 0. The molecule has 0 spiro atoms. The lowest BCUT2D eigenvalue weighted by molar-refractivity contribution is -0.0286. The number of amides is 1. The Morgan fingerprint density at radius 3 is 3.08 bits per heavy atom. The Balaban J connectivity index is 1.50. The number of carbonyl (C=O) groups excluding carboxylic acids is 1. The number of H-pyrrole nitrogens is 1. The first-order valence-electron chi connectivity index (χ1n) is 7.81. The maximum Gasteiger partial charge on any atom is 0.254 e. The van der Waals surface area contributed by atoms with E-state index < -0.39 is 0 Å². The molecule has 3 heterocycles. The van der Waals surface area contributed by atoms with Gasteiger partial charge in [-0.2, -0.15) is 5.10 Å². The zero-order valence-corrected chi connectivity index (χ0v) is 13.1. The summed E-state index contributed by atoms with van der Waals surface area (Å²) in [6.07, 6.45) is 4.95. The van der Waals surface area contributed by atoms with Crippen LogP contribution in [0.25, 0.3) is 10.9 Å². The molecule has 7 heteroatoms. The minimum Gasteiger partial charge on any atom is -0.377 e.